The Morgan fingerprint density at radius 2 is 2.33 bits per heavy atom. The lowest BCUT2D eigenvalue weighted by Crippen LogP contribution is -1.89. The Labute approximate surface area is 75.2 Å². The summed E-state index contributed by atoms with van der Waals surface area (Å²) < 4.78 is 0. The van der Waals surface area contributed by atoms with Crippen LogP contribution in [0, 0.1) is 6.92 Å². The third-order valence-electron chi connectivity index (χ3n) is 1.56. The third kappa shape index (κ3) is 1.95. The van der Waals surface area contributed by atoms with Crippen molar-refractivity contribution in [1.29, 1.82) is 0 Å². The number of carboxylic acids is 1. The summed E-state index contributed by atoms with van der Waals surface area (Å²) in [7, 11) is 0. The van der Waals surface area contributed by atoms with E-state index in [9.17, 15) is 4.79 Å². The largest absolute Gasteiger partial charge is 0.478 e. The van der Waals surface area contributed by atoms with Crippen molar-refractivity contribution in [3.63, 3.8) is 0 Å². The van der Waals surface area contributed by atoms with Crippen LogP contribution < -0.4 is 0 Å². The molecule has 0 aliphatic rings. The van der Waals surface area contributed by atoms with Crippen LogP contribution in [0.3, 0.4) is 0 Å². The summed E-state index contributed by atoms with van der Waals surface area (Å²) in [5, 5.41) is 10.5. The second-order valence-electron chi connectivity index (χ2n) is 2.60. The number of carboxylic acid groups (broad SMARTS) is 1. The lowest BCUT2D eigenvalue weighted by Gasteiger charge is -1.96. The van der Waals surface area contributed by atoms with Crippen molar-refractivity contribution in [3.05, 3.63) is 28.0 Å². The Hall–Kier alpha value is -1.09. The number of carbonyl (C=O) groups is 1. The fourth-order valence-electron chi connectivity index (χ4n) is 1.03. The maximum absolute atomic E-state index is 10.3. The molecule has 0 atom stereocenters. The molecule has 0 aliphatic heterocycles. The summed E-state index contributed by atoms with van der Waals surface area (Å²) in [5.74, 6) is -0.889. The van der Waals surface area contributed by atoms with Crippen LogP contribution in [0.2, 0.25) is 0 Å². The highest BCUT2D eigenvalue weighted by Gasteiger charge is 2.02. The lowest BCUT2D eigenvalue weighted by molar-refractivity contribution is -0.131. The first-order valence-electron chi connectivity index (χ1n) is 3.57. The summed E-state index contributed by atoms with van der Waals surface area (Å²) >= 11 is 1.57. The summed E-state index contributed by atoms with van der Waals surface area (Å²) in [4.78, 5) is 11.4. The summed E-state index contributed by atoms with van der Waals surface area (Å²) in [6.45, 7) is 3.79. The molecule has 1 heterocycles. The van der Waals surface area contributed by atoms with Crippen LogP contribution in [0.25, 0.3) is 5.57 Å². The predicted molar refractivity (Wildman–Crippen MR) is 50.3 cm³/mol. The smallest absolute Gasteiger partial charge is 0.328 e. The Morgan fingerprint density at radius 1 is 1.67 bits per heavy atom. The number of hydrogen-bond donors (Lipinski definition) is 1. The molecule has 0 unspecified atom stereocenters. The van der Waals surface area contributed by atoms with Crippen molar-refractivity contribution in [2.45, 2.75) is 13.8 Å². The number of rotatable bonds is 2. The van der Waals surface area contributed by atoms with Crippen molar-refractivity contribution in [2.75, 3.05) is 0 Å². The van der Waals surface area contributed by atoms with E-state index in [1.165, 1.54) is 6.08 Å². The molecule has 0 spiro atoms. The molecular weight excluding hydrogens is 172 g/mol. The standard InChI is InChI=1S/C9H10O2S/c1-6-3-4-12-9(6)7(2)5-8(10)11/h3-5H,1-2H3,(H,10,11). The van der Waals surface area contributed by atoms with Crippen LogP contribution in [-0.2, 0) is 4.79 Å². The van der Waals surface area contributed by atoms with Crippen LogP contribution in [0.5, 0.6) is 0 Å². The van der Waals surface area contributed by atoms with Crippen LogP contribution in [0.1, 0.15) is 17.4 Å². The van der Waals surface area contributed by atoms with Gasteiger partial charge in [0.05, 0.1) is 0 Å². The van der Waals surface area contributed by atoms with Crippen LogP contribution in [-0.4, -0.2) is 11.1 Å². The molecule has 0 fully saturated rings. The van der Waals surface area contributed by atoms with E-state index in [2.05, 4.69) is 0 Å². The quantitative estimate of drug-likeness (QED) is 0.714. The molecule has 1 rings (SSSR count). The van der Waals surface area contributed by atoms with E-state index >= 15 is 0 Å². The van der Waals surface area contributed by atoms with E-state index in [1.54, 1.807) is 11.3 Å². The van der Waals surface area contributed by atoms with Gasteiger partial charge < -0.3 is 5.11 Å². The van der Waals surface area contributed by atoms with Gasteiger partial charge in [-0.1, -0.05) is 0 Å². The molecule has 64 valence electrons. The fourth-order valence-corrected chi connectivity index (χ4v) is 1.93. The zero-order valence-electron chi connectivity index (χ0n) is 7.00. The molecule has 0 aliphatic carbocycles. The van der Waals surface area contributed by atoms with Gasteiger partial charge in [0.2, 0.25) is 0 Å². The van der Waals surface area contributed by atoms with Crippen molar-refractivity contribution in [2.24, 2.45) is 0 Å². The number of aryl methyl sites for hydroxylation is 1. The van der Waals surface area contributed by atoms with Gasteiger partial charge in [0, 0.05) is 11.0 Å². The van der Waals surface area contributed by atoms with Crippen molar-refractivity contribution in [1.82, 2.24) is 0 Å². The molecule has 0 bridgehead atoms. The molecule has 1 aromatic rings. The molecular formula is C9H10O2S. The summed E-state index contributed by atoms with van der Waals surface area (Å²) in [5.41, 5.74) is 1.95. The minimum absolute atomic E-state index is 0.815. The van der Waals surface area contributed by atoms with E-state index in [1.807, 2.05) is 25.3 Å². The Morgan fingerprint density at radius 3 is 2.75 bits per heavy atom. The first-order valence-corrected chi connectivity index (χ1v) is 4.45. The average Bonchev–Trinajstić information content (AvgIpc) is 2.33. The topological polar surface area (TPSA) is 37.3 Å². The highest BCUT2D eigenvalue weighted by atomic mass is 32.1. The number of hydrogen-bond acceptors (Lipinski definition) is 2. The van der Waals surface area contributed by atoms with Gasteiger partial charge in [-0.15, -0.1) is 11.3 Å². The highest BCUT2D eigenvalue weighted by molar-refractivity contribution is 7.11. The summed E-state index contributed by atoms with van der Waals surface area (Å²) in [6.07, 6.45) is 1.23. The van der Waals surface area contributed by atoms with E-state index in [-0.39, 0.29) is 0 Å². The molecule has 1 aromatic heterocycles. The molecule has 3 heteroatoms. The first-order chi connectivity index (χ1) is 5.61. The van der Waals surface area contributed by atoms with E-state index in [0.717, 1.165) is 16.0 Å². The van der Waals surface area contributed by atoms with Crippen LogP contribution in [0.4, 0.5) is 0 Å². The predicted octanol–water partition coefficient (Wildman–Crippen LogP) is 2.54. The molecule has 0 radical (unpaired) electrons. The zero-order valence-corrected chi connectivity index (χ0v) is 7.81. The van der Waals surface area contributed by atoms with Gasteiger partial charge >= 0.3 is 5.97 Å². The van der Waals surface area contributed by atoms with Crippen molar-refractivity contribution in [3.8, 4) is 0 Å². The van der Waals surface area contributed by atoms with E-state index < -0.39 is 5.97 Å². The lowest BCUT2D eigenvalue weighted by atomic mass is 10.2. The minimum atomic E-state index is -0.889. The average molecular weight is 182 g/mol. The van der Waals surface area contributed by atoms with Crippen LogP contribution in [0.15, 0.2) is 17.5 Å². The maximum atomic E-state index is 10.3. The van der Waals surface area contributed by atoms with Gasteiger partial charge in [0.1, 0.15) is 0 Å². The SMILES string of the molecule is CC(=CC(=O)O)c1sccc1C. The van der Waals surface area contributed by atoms with Gasteiger partial charge in [-0.25, -0.2) is 4.79 Å². The minimum Gasteiger partial charge on any atom is -0.478 e. The molecule has 12 heavy (non-hydrogen) atoms. The molecule has 0 saturated heterocycles. The second-order valence-corrected chi connectivity index (χ2v) is 3.51. The van der Waals surface area contributed by atoms with Gasteiger partial charge in [0.25, 0.3) is 0 Å². The van der Waals surface area contributed by atoms with E-state index in [0.29, 0.717) is 0 Å². The van der Waals surface area contributed by atoms with Crippen molar-refractivity contribution < 1.29 is 9.90 Å². The molecule has 0 saturated carbocycles. The summed E-state index contributed by atoms with van der Waals surface area (Å²) in [6, 6.07) is 1.99. The second kappa shape index (κ2) is 3.54. The van der Waals surface area contributed by atoms with E-state index in [4.69, 9.17) is 5.11 Å². The maximum Gasteiger partial charge on any atom is 0.328 e. The highest BCUT2D eigenvalue weighted by Crippen LogP contribution is 2.23. The zero-order chi connectivity index (χ0) is 9.14. The van der Waals surface area contributed by atoms with Crippen molar-refractivity contribution >= 4 is 22.9 Å². The number of thiophene rings is 1. The van der Waals surface area contributed by atoms with Gasteiger partial charge in [-0.05, 0) is 36.4 Å². The molecule has 1 N–H and O–H groups in total. The van der Waals surface area contributed by atoms with Gasteiger partial charge in [-0.2, -0.15) is 0 Å². The Kier molecular flexibility index (Phi) is 2.65. The molecule has 0 aromatic carbocycles. The molecule has 2 nitrogen and oxygen atoms in total. The monoisotopic (exact) mass is 182 g/mol. The van der Waals surface area contributed by atoms with Gasteiger partial charge in [-0.3, -0.25) is 0 Å². The third-order valence-corrected chi connectivity index (χ3v) is 2.71. The fraction of sp³-hybridized carbons (Fsp3) is 0.222. The van der Waals surface area contributed by atoms with Gasteiger partial charge in [0.15, 0.2) is 0 Å². The molecule has 0 amide bonds. The first kappa shape index (κ1) is 9.00. The van der Waals surface area contributed by atoms with Crippen LogP contribution >= 0.6 is 11.3 Å². The Balaban J connectivity index is 2.99. The number of aliphatic carboxylic acids is 1. The number of allylic oxidation sites excluding steroid dienone is 1. The normalized spacial score (nSPS) is 11.7. The Bertz CT molecular complexity index is 323.